The van der Waals surface area contributed by atoms with Gasteiger partial charge in [-0.3, -0.25) is 4.79 Å². The minimum atomic E-state index is -0.980. The van der Waals surface area contributed by atoms with Crippen molar-refractivity contribution in [1.29, 1.82) is 0 Å². The Balaban J connectivity index is 1.60. The number of benzene rings is 1. The summed E-state index contributed by atoms with van der Waals surface area (Å²) in [6, 6.07) is 9.93. The Kier molecular flexibility index (Phi) is 5.67. The molecule has 1 amide bonds. The molecule has 25 heavy (non-hydrogen) atoms. The normalized spacial score (nSPS) is 20.0. The summed E-state index contributed by atoms with van der Waals surface area (Å²) in [4.78, 5) is 24.1. The van der Waals surface area contributed by atoms with E-state index in [1.165, 1.54) is 12.1 Å². The first-order chi connectivity index (χ1) is 12.1. The number of ether oxygens (including phenoxy) is 2. The molecule has 2 aromatic rings. The fourth-order valence-electron chi connectivity index (χ4n) is 2.67. The van der Waals surface area contributed by atoms with Crippen LogP contribution >= 0.6 is 11.3 Å². The second-order valence-electron chi connectivity index (χ2n) is 5.78. The molecule has 6 nitrogen and oxygen atoms in total. The van der Waals surface area contributed by atoms with E-state index in [9.17, 15) is 9.59 Å². The number of hydrogen-bond acceptors (Lipinski definition) is 5. The maximum Gasteiger partial charge on any atom is 0.335 e. The molecule has 132 valence electrons. The third-order valence-corrected chi connectivity index (χ3v) is 4.83. The molecule has 1 aliphatic rings. The number of nitrogens with one attached hydrogen (secondary N) is 1. The van der Waals surface area contributed by atoms with Crippen LogP contribution in [0.1, 0.15) is 21.7 Å². The fourth-order valence-corrected chi connectivity index (χ4v) is 3.38. The average molecular weight is 361 g/mol. The molecule has 2 atom stereocenters. The Morgan fingerprint density at radius 1 is 1.28 bits per heavy atom. The average Bonchev–Trinajstić information content (AvgIpc) is 3.10. The van der Waals surface area contributed by atoms with Crippen LogP contribution in [-0.2, 0) is 16.0 Å². The van der Waals surface area contributed by atoms with E-state index in [1.807, 2.05) is 17.5 Å². The highest BCUT2D eigenvalue weighted by Crippen LogP contribution is 2.19. The van der Waals surface area contributed by atoms with E-state index in [-0.39, 0.29) is 23.6 Å². The third-order valence-electron chi connectivity index (χ3n) is 3.95. The van der Waals surface area contributed by atoms with Gasteiger partial charge in [0, 0.05) is 11.5 Å². The molecule has 0 aliphatic carbocycles. The van der Waals surface area contributed by atoms with Crippen molar-refractivity contribution >= 4 is 23.2 Å². The highest BCUT2D eigenvalue weighted by atomic mass is 32.1. The molecule has 7 heteroatoms. The Morgan fingerprint density at radius 3 is 2.76 bits per heavy atom. The van der Waals surface area contributed by atoms with Gasteiger partial charge < -0.3 is 19.9 Å². The van der Waals surface area contributed by atoms with Crippen molar-refractivity contribution in [2.24, 2.45) is 0 Å². The van der Waals surface area contributed by atoms with Gasteiger partial charge in [0.2, 0.25) is 5.91 Å². The van der Waals surface area contributed by atoms with E-state index in [4.69, 9.17) is 14.6 Å². The first-order valence-electron chi connectivity index (χ1n) is 8.01. The zero-order valence-corrected chi connectivity index (χ0v) is 14.3. The topological polar surface area (TPSA) is 84.9 Å². The van der Waals surface area contributed by atoms with Gasteiger partial charge in [-0.2, -0.15) is 0 Å². The van der Waals surface area contributed by atoms with Gasteiger partial charge >= 0.3 is 5.97 Å². The van der Waals surface area contributed by atoms with Crippen molar-refractivity contribution in [2.75, 3.05) is 13.2 Å². The maximum absolute atomic E-state index is 12.2. The molecule has 1 aromatic heterocycles. The lowest BCUT2D eigenvalue weighted by molar-refractivity contribution is -0.123. The SMILES string of the molecule is O=C(Cc1cccs1)N[C@@H]1CCOC[C@H]1Oc1ccc(C(=O)O)cc1. The van der Waals surface area contributed by atoms with Gasteiger partial charge in [0.25, 0.3) is 0 Å². The van der Waals surface area contributed by atoms with Crippen LogP contribution < -0.4 is 10.1 Å². The zero-order chi connectivity index (χ0) is 17.6. The lowest BCUT2D eigenvalue weighted by atomic mass is 10.1. The molecule has 1 fully saturated rings. The summed E-state index contributed by atoms with van der Waals surface area (Å²) in [5.74, 6) is -0.464. The van der Waals surface area contributed by atoms with Gasteiger partial charge in [0.15, 0.2) is 0 Å². The quantitative estimate of drug-likeness (QED) is 0.825. The van der Waals surface area contributed by atoms with Crippen molar-refractivity contribution in [2.45, 2.75) is 25.0 Å². The van der Waals surface area contributed by atoms with Gasteiger partial charge in [-0.1, -0.05) is 6.07 Å². The number of carboxylic acid groups (broad SMARTS) is 1. The summed E-state index contributed by atoms with van der Waals surface area (Å²) in [5, 5.41) is 13.9. The minimum Gasteiger partial charge on any atom is -0.486 e. The molecule has 3 rings (SSSR count). The maximum atomic E-state index is 12.2. The molecule has 0 spiro atoms. The molecule has 0 bridgehead atoms. The predicted octanol–water partition coefficient (Wildman–Crippen LogP) is 2.34. The Hall–Kier alpha value is -2.38. The van der Waals surface area contributed by atoms with Crippen molar-refractivity contribution < 1.29 is 24.2 Å². The number of carbonyl (C=O) groups excluding carboxylic acids is 1. The molecule has 2 N–H and O–H groups in total. The highest BCUT2D eigenvalue weighted by Gasteiger charge is 2.29. The number of carbonyl (C=O) groups is 2. The van der Waals surface area contributed by atoms with Gasteiger partial charge in [-0.15, -0.1) is 11.3 Å². The first-order valence-corrected chi connectivity index (χ1v) is 8.89. The molecule has 2 heterocycles. The minimum absolute atomic E-state index is 0.0378. The smallest absolute Gasteiger partial charge is 0.335 e. The summed E-state index contributed by atoms with van der Waals surface area (Å²) in [5.41, 5.74) is 0.202. The number of aromatic carboxylic acids is 1. The molecule has 1 aliphatic heterocycles. The van der Waals surface area contributed by atoms with Crippen LogP contribution in [0.15, 0.2) is 41.8 Å². The van der Waals surface area contributed by atoms with Crippen LogP contribution in [0.25, 0.3) is 0 Å². The largest absolute Gasteiger partial charge is 0.486 e. The molecule has 1 saturated heterocycles. The van der Waals surface area contributed by atoms with Crippen LogP contribution in [0, 0.1) is 0 Å². The van der Waals surface area contributed by atoms with Crippen LogP contribution in [0.3, 0.4) is 0 Å². The van der Waals surface area contributed by atoms with Gasteiger partial charge in [0.1, 0.15) is 11.9 Å². The van der Waals surface area contributed by atoms with E-state index >= 15 is 0 Å². The van der Waals surface area contributed by atoms with Gasteiger partial charge in [-0.05, 0) is 42.1 Å². The van der Waals surface area contributed by atoms with Crippen molar-refractivity contribution in [1.82, 2.24) is 5.32 Å². The second kappa shape index (κ2) is 8.13. The highest BCUT2D eigenvalue weighted by molar-refractivity contribution is 7.10. The number of amides is 1. The Bertz CT molecular complexity index is 714. The number of carboxylic acids is 1. The summed E-state index contributed by atoms with van der Waals surface area (Å²) in [6.07, 6.45) is 0.722. The summed E-state index contributed by atoms with van der Waals surface area (Å²) < 4.78 is 11.4. The second-order valence-corrected chi connectivity index (χ2v) is 6.81. The summed E-state index contributed by atoms with van der Waals surface area (Å²) >= 11 is 1.56. The molecule has 0 saturated carbocycles. The lowest BCUT2D eigenvalue weighted by Crippen LogP contribution is -2.51. The molecule has 1 aromatic carbocycles. The molecule has 0 radical (unpaired) electrons. The van der Waals surface area contributed by atoms with Crippen LogP contribution in [0.4, 0.5) is 0 Å². The zero-order valence-electron chi connectivity index (χ0n) is 13.5. The Labute approximate surface area is 149 Å². The Morgan fingerprint density at radius 2 is 2.08 bits per heavy atom. The van der Waals surface area contributed by atoms with Crippen molar-refractivity contribution in [3.05, 3.63) is 52.2 Å². The summed E-state index contributed by atoms with van der Waals surface area (Å²) in [7, 11) is 0. The molecular formula is C18H19NO5S. The number of hydrogen-bond donors (Lipinski definition) is 2. The third kappa shape index (κ3) is 4.80. The van der Waals surface area contributed by atoms with Gasteiger partial charge in [0.05, 0.1) is 24.6 Å². The van der Waals surface area contributed by atoms with E-state index in [0.717, 1.165) is 4.88 Å². The van der Waals surface area contributed by atoms with Crippen LogP contribution in [0.5, 0.6) is 5.75 Å². The van der Waals surface area contributed by atoms with Crippen LogP contribution in [-0.4, -0.2) is 42.3 Å². The van der Waals surface area contributed by atoms with Crippen LogP contribution in [0.2, 0.25) is 0 Å². The lowest BCUT2D eigenvalue weighted by Gasteiger charge is -2.32. The van der Waals surface area contributed by atoms with Crippen molar-refractivity contribution in [3.63, 3.8) is 0 Å². The number of thiophene rings is 1. The standard InChI is InChI=1S/C18H19NO5S/c20-17(10-14-2-1-9-25-14)19-15-7-8-23-11-16(15)24-13-5-3-12(4-6-13)18(21)22/h1-6,9,15-16H,7-8,10-11H2,(H,19,20)(H,21,22)/t15-,16-/m1/s1. The predicted molar refractivity (Wildman–Crippen MR) is 93.2 cm³/mol. The van der Waals surface area contributed by atoms with E-state index in [1.54, 1.807) is 23.5 Å². The van der Waals surface area contributed by atoms with Gasteiger partial charge in [-0.25, -0.2) is 4.79 Å². The molecule has 0 unspecified atom stereocenters. The summed E-state index contributed by atoms with van der Waals surface area (Å²) in [6.45, 7) is 0.951. The van der Waals surface area contributed by atoms with E-state index < -0.39 is 5.97 Å². The first kappa shape index (κ1) is 17.4. The van der Waals surface area contributed by atoms with E-state index in [2.05, 4.69) is 5.32 Å². The number of rotatable bonds is 6. The molecular weight excluding hydrogens is 342 g/mol. The van der Waals surface area contributed by atoms with Crippen molar-refractivity contribution in [3.8, 4) is 5.75 Å². The fraction of sp³-hybridized carbons (Fsp3) is 0.333. The monoisotopic (exact) mass is 361 g/mol. The van der Waals surface area contributed by atoms with E-state index in [0.29, 0.717) is 31.8 Å².